The molecule has 17 heavy (non-hydrogen) atoms. The van der Waals surface area contributed by atoms with Gasteiger partial charge in [-0.3, -0.25) is 14.7 Å². The average molecular weight is 239 g/mol. The number of aromatic amines is 1. The Balaban J connectivity index is 2.65. The predicted molar refractivity (Wildman–Crippen MR) is 61.5 cm³/mol. The van der Waals surface area contributed by atoms with Gasteiger partial charge in [0.1, 0.15) is 0 Å². The van der Waals surface area contributed by atoms with Crippen molar-refractivity contribution in [1.29, 1.82) is 0 Å². The van der Waals surface area contributed by atoms with Crippen LogP contribution in [0.5, 0.6) is 0 Å². The van der Waals surface area contributed by atoms with Crippen molar-refractivity contribution in [3.8, 4) is 0 Å². The number of rotatable bonds is 5. The summed E-state index contributed by atoms with van der Waals surface area (Å²) in [7, 11) is 1.33. The van der Waals surface area contributed by atoms with Crippen LogP contribution in [0.4, 0.5) is 0 Å². The summed E-state index contributed by atoms with van der Waals surface area (Å²) >= 11 is 0. The van der Waals surface area contributed by atoms with E-state index in [4.69, 9.17) is 0 Å². The van der Waals surface area contributed by atoms with Crippen LogP contribution >= 0.6 is 0 Å². The normalized spacial score (nSPS) is 10.1. The van der Waals surface area contributed by atoms with Crippen molar-refractivity contribution in [3.05, 3.63) is 17.5 Å². The van der Waals surface area contributed by atoms with Gasteiger partial charge >= 0.3 is 5.97 Å². The maximum atomic E-state index is 12.1. The fourth-order valence-electron chi connectivity index (χ4n) is 1.47. The zero-order valence-corrected chi connectivity index (χ0v) is 10.3. The van der Waals surface area contributed by atoms with E-state index in [1.54, 1.807) is 11.8 Å². The van der Waals surface area contributed by atoms with E-state index in [0.29, 0.717) is 18.7 Å². The number of nitrogens with zero attached hydrogens (tertiary/aromatic N) is 2. The number of H-pyrrole nitrogens is 1. The Labute approximate surface area is 99.9 Å². The number of ether oxygens (including phenoxy) is 1. The Morgan fingerprint density at radius 1 is 1.53 bits per heavy atom. The summed E-state index contributed by atoms with van der Waals surface area (Å²) in [5.41, 5.74) is 1.27. The summed E-state index contributed by atoms with van der Waals surface area (Å²) in [4.78, 5) is 24.7. The average Bonchev–Trinajstić information content (AvgIpc) is 2.75. The molecule has 6 nitrogen and oxygen atoms in total. The largest absolute Gasteiger partial charge is 0.469 e. The second-order valence-corrected chi connectivity index (χ2v) is 3.62. The number of nitrogens with one attached hydrogen (secondary N) is 1. The number of carbonyl (C=O) groups is 2. The van der Waals surface area contributed by atoms with Crippen LogP contribution in [-0.2, 0) is 9.53 Å². The zero-order valence-electron chi connectivity index (χ0n) is 10.3. The molecule has 1 aromatic heterocycles. The van der Waals surface area contributed by atoms with E-state index >= 15 is 0 Å². The van der Waals surface area contributed by atoms with Gasteiger partial charge in [-0.25, -0.2) is 0 Å². The van der Waals surface area contributed by atoms with Gasteiger partial charge in [0.25, 0.3) is 5.91 Å². The lowest BCUT2D eigenvalue weighted by Crippen LogP contribution is -2.33. The van der Waals surface area contributed by atoms with E-state index in [2.05, 4.69) is 14.9 Å². The highest BCUT2D eigenvalue weighted by Gasteiger charge is 2.18. The second kappa shape index (κ2) is 6.03. The minimum Gasteiger partial charge on any atom is -0.469 e. The SMILES string of the molecule is CCN(CCC(=O)OC)C(=O)c1cn[nH]c1C. The van der Waals surface area contributed by atoms with Gasteiger partial charge in [-0.05, 0) is 13.8 Å². The standard InChI is InChI=1S/C11H17N3O3/c1-4-14(6-5-10(15)17-3)11(16)9-7-12-13-8(9)2/h7H,4-6H2,1-3H3,(H,12,13). The van der Waals surface area contributed by atoms with Crippen LogP contribution < -0.4 is 0 Å². The molecule has 0 aromatic carbocycles. The smallest absolute Gasteiger partial charge is 0.307 e. The summed E-state index contributed by atoms with van der Waals surface area (Å²) in [5, 5.41) is 6.52. The Bertz CT molecular complexity index is 400. The molecule has 0 atom stereocenters. The maximum absolute atomic E-state index is 12.1. The highest BCUT2D eigenvalue weighted by Crippen LogP contribution is 2.08. The van der Waals surface area contributed by atoms with E-state index in [0.717, 1.165) is 5.69 Å². The van der Waals surface area contributed by atoms with Crippen molar-refractivity contribution in [3.63, 3.8) is 0 Å². The number of hydrogen-bond acceptors (Lipinski definition) is 4. The second-order valence-electron chi connectivity index (χ2n) is 3.62. The van der Waals surface area contributed by atoms with Gasteiger partial charge in [-0.1, -0.05) is 0 Å². The van der Waals surface area contributed by atoms with Crippen LogP contribution in [0.25, 0.3) is 0 Å². The molecule has 0 aliphatic heterocycles. The fraction of sp³-hybridized carbons (Fsp3) is 0.545. The molecule has 0 bridgehead atoms. The number of aromatic nitrogens is 2. The van der Waals surface area contributed by atoms with Crippen molar-refractivity contribution in [2.75, 3.05) is 20.2 Å². The number of methoxy groups -OCH3 is 1. The summed E-state index contributed by atoms with van der Waals surface area (Å²) in [6.07, 6.45) is 1.70. The predicted octanol–water partition coefficient (Wildman–Crippen LogP) is 0.743. The molecule has 0 saturated carbocycles. The quantitative estimate of drug-likeness (QED) is 0.769. The number of aryl methyl sites for hydroxylation is 1. The lowest BCUT2D eigenvalue weighted by molar-refractivity contribution is -0.140. The minimum absolute atomic E-state index is 0.123. The zero-order chi connectivity index (χ0) is 12.8. The van der Waals surface area contributed by atoms with Crippen molar-refractivity contribution >= 4 is 11.9 Å². The molecule has 1 heterocycles. The van der Waals surface area contributed by atoms with E-state index in [1.165, 1.54) is 13.3 Å². The van der Waals surface area contributed by atoms with E-state index in [-0.39, 0.29) is 18.3 Å². The molecular formula is C11H17N3O3. The number of amides is 1. The van der Waals surface area contributed by atoms with Crippen LogP contribution in [0, 0.1) is 6.92 Å². The van der Waals surface area contributed by atoms with Crippen molar-refractivity contribution in [1.82, 2.24) is 15.1 Å². The van der Waals surface area contributed by atoms with Gasteiger partial charge in [-0.2, -0.15) is 5.10 Å². The van der Waals surface area contributed by atoms with Gasteiger partial charge in [0.2, 0.25) is 0 Å². The Morgan fingerprint density at radius 2 is 2.24 bits per heavy atom. The highest BCUT2D eigenvalue weighted by atomic mass is 16.5. The number of esters is 1. The molecule has 0 spiro atoms. The number of carbonyl (C=O) groups excluding carboxylic acids is 2. The van der Waals surface area contributed by atoms with Gasteiger partial charge in [0, 0.05) is 18.8 Å². The monoisotopic (exact) mass is 239 g/mol. The topological polar surface area (TPSA) is 75.3 Å². The molecule has 0 saturated heterocycles. The van der Waals surface area contributed by atoms with E-state index < -0.39 is 0 Å². The highest BCUT2D eigenvalue weighted by molar-refractivity contribution is 5.95. The van der Waals surface area contributed by atoms with Gasteiger partial charge in [-0.15, -0.1) is 0 Å². The van der Waals surface area contributed by atoms with Crippen LogP contribution in [-0.4, -0.2) is 47.2 Å². The van der Waals surface area contributed by atoms with Crippen molar-refractivity contribution < 1.29 is 14.3 Å². The van der Waals surface area contributed by atoms with Crippen LogP contribution in [0.1, 0.15) is 29.4 Å². The molecule has 0 radical (unpaired) electrons. The molecule has 0 fully saturated rings. The van der Waals surface area contributed by atoms with Crippen LogP contribution in [0.2, 0.25) is 0 Å². The number of hydrogen-bond donors (Lipinski definition) is 1. The third-order valence-corrected chi connectivity index (χ3v) is 2.54. The summed E-state index contributed by atoms with van der Waals surface area (Å²) in [6, 6.07) is 0. The minimum atomic E-state index is -0.319. The lowest BCUT2D eigenvalue weighted by Gasteiger charge is -2.19. The third-order valence-electron chi connectivity index (χ3n) is 2.54. The molecule has 1 N–H and O–H groups in total. The molecule has 1 amide bonds. The van der Waals surface area contributed by atoms with Gasteiger partial charge in [0.15, 0.2) is 0 Å². The Kier molecular flexibility index (Phi) is 4.68. The van der Waals surface area contributed by atoms with Crippen LogP contribution in [0.3, 0.4) is 0 Å². The summed E-state index contributed by atoms with van der Waals surface area (Å²) in [5.74, 6) is -0.442. The molecule has 6 heteroatoms. The lowest BCUT2D eigenvalue weighted by atomic mass is 10.2. The first-order valence-electron chi connectivity index (χ1n) is 5.46. The Morgan fingerprint density at radius 3 is 2.71 bits per heavy atom. The first-order valence-corrected chi connectivity index (χ1v) is 5.46. The first-order chi connectivity index (χ1) is 8.10. The Hall–Kier alpha value is -1.85. The van der Waals surface area contributed by atoms with Gasteiger partial charge in [0.05, 0.1) is 25.3 Å². The van der Waals surface area contributed by atoms with Crippen LogP contribution in [0.15, 0.2) is 6.20 Å². The first kappa shape index (κ1) is 13.2. The van der Waals surface area contributed by atoms with Crippen molar-refractivity contribution in [2.45, 2.75) is 20.3 Å². The summed E-state index contributed by atoms with van der Waals surface area (Å²) < 4.78 is 4.54. The molecule has 94 valence electrons. The van der Waals surface area contributed by atoms with E-state index in [9.17, 15) is 9.59 Å². The van der Waals surface area contributed by atoms with Crippen molar-refractivity contribution in [2.24, 2.45) is 0 Å². The molecule has 0 aliphatic rings. The van der Waals surface area contributed by atoms with Gasteiger partial charge < -0.3 is 9.64 Å². The molecule has 1 rings (SSSR count). The fourth-order valence-corrected chi connectivity index (χ4v) is 1.47. The molecular weight excluding hydrogens is 222 g/mol. The third kappa shape index (κ3) is 3.30. The summed E-state index contributed by atoms with van der Waals surface area (Å²) in [6.45, 7) is 4.55. The maximum Gasteiger partial charge on any atom is 0.307 e. The van der Waals surface area contributed by atoms with E-state index in [1.807, 2.05) is 6.92 Å². The molecule has 0 aliphatic carbocycles. The molecule has 0 unspecified atom stereocenters. The molecule has 1 aromatic rings.